The van der Waals surface area contributed by atoms with Crippen LogP contribution in [-0.2, 0) is 20.1 Å². The van der Waals surface area contributed by atoms with E-state index >= 15 is 0 Å². The summed E-state index contributed by atoms with van der Waals surface area (Å²) in [6.45, 7) is 1.20. The van der Waals surface area contributed by atoms with E-state index < -0.39 is 25.3 Å². The zero-order chi connectivity index (χ0) is 12.6. The van der Waals surface area contributed by atoms with E-state index in [2.05, 4.69) is 0 Å². The molecule has 0 aliphatic heterocycles. The number of hydrogen-bond acceptors (Lipinski definition) is 4. The van der Waals surface area contributed by atoms with Gasteiger partial charge in [-0.15, -0.1) is 3.89 Å². The van der Waals surface area contributed by atoms with E-state index in [-0.39, 0.29) is 10.5 Å². The Bertz CT molecular complexity index is 572. The van der Waals surface area contributed by atoms with Crippen molar-refractivity contribution in [1.82, 2.24) is 0 Å². The fourth-order valence-corrected chi connectivity index (χ4v) is 2.26. The molecule has 1 aromatic rings. The van der Waals surface area contributed by atoms with E-state index in [1.807, 2.05) is 0 Å². The van der Waals surface area contributed by atoms with Crippen LogP contribution in [0.2, 0.25) is 0 Å². The average Bonchev–Trinajstić information content (AvgIpc) is 2.14. The van der Waals surface area contributed by atoms with Crippen molar-refractivity contribution >= 4 is 20.1 Å². The SMILES string of the molecule is CC(c1ccc(S(C)(=O)=O)cc1)S(=O)(=O)F. The molecule has 0 aliphatic carbocycles. The predicted molar refractivity (Wildman–Crippen MR) is 58.0 cm³/mol. The Morgan fingerprint density at radius 1 is 1.06 bits per heavy atom. The molecule has 16 heavy (non-hydrogen) atoms. The molecule has 1 atom stereocenters. The molecule has 0 saturated carbocycles. The average molecular weight is 266 g/mol. The fourth-order valence-electron chi connectivity index (χ4n) is 1.15. The van der Waals surface area contributed by atoms with Gasteiger partial charge < -0.3 is 0 Å². The van der Waals surface area contributed by atoms with E-state index in [1.165, 1.54) is 31.2 Å². The number of benzene rings is 1. The molecule has 0 aromatic heterocycles. The predicted octanol–water partition coefficient (Wildman–Crippen LogP) is 1.45. The van der Waals surface area contributed by atoms with Crippen molar-refractivity contribution in [3.05, 3.63) is 29.8 Å². The molecule has 1 rings (SSSR count). The van der Waals surface area contributed by atoms with Crippen LogP contribution in [0.4, 0.5) is 3.89 Å². The highest BCUT2D eigenvalue weighted by atomic mass is 32.3. The molecule has 0 heterocycles. The first-order valence-electron chi connectivity index (χ1n) is 4.36. The van der Waals surface area contributed by atoms with Gasteiger partial charge in [0.2, 0.25) is 0 Å². The van der Waals surface area contributed by atoms with Crippen molar-refractivity contribution < 1.29 is 20.7 Å². The Labute approximate surface area is 94.2 Å². The summed E-state index contributed by atoms with van der Waals surface area (Å²) >= 11 is 0. The Morgan fingerprint density at radius 2 is 1.50 bits per heavy atom. The van der Waals surface area contributed by atoms with E-state index in [9.17, 15) is 20.7 Å². The Hall–Kier alpha value is -0.950. The standard InChI is InChI=1S/C9H11FO4S2/c1-7(16(10,13)14)8-3-5-9(6-4-8)15(2,11)12/h3-7H,1-2H3. The van der Waals surface area contributed by atoms with Crippen LogP contribution in [0.5, 0.6) is 0 Å². The molecule has 0 radical (unpaired) electrons. The third-order valence-electron chi connectivity index (χ3n) is 2.20. The molecular weight excluding hydrogens is 255 g/mol. The zero-order valence-corrected chi connectivity index (χ0v) is 10.3. The van der Waals surface area contributed by atoms with Gasteiger partial charge in [0.25, 0.3) is 0 Å². The molecule has 90 valence electrons. The second-order valence-electron chi connectivity index (χ2n) is 3.46. The van der Waals surface area contributed by atoms with Gasteiger partial charge in [-0.1, -0.05) is 12.1 Å². The minimum atomic E-state index is -4.65. The van der Waals surface area contributed by atoms with E-state index in [4.69, 9.17) is 0 Å². The van der Waals surface area contributed by atoms with Crippen molar-refractivity contribution in [1.29, 1.82) is 0 Å². The van der Waals surface area contributed by atoms with Crippen molar-refractivity contribution in [2.75, 3.05) is 6.26 Å². The minimum Gasteiger partial charge on any atom is -0.224 e. The zero-order valence-electron chi connectivity index (χ0n) is 8.71. The monoisotopic (exact) mass is 266 g/mol. The van der Waals surface area contributed by atoms with Crippen LogP contribution in [0.3, 0.4) is 0 Å². The smallest absolute Gasteiger partial charge is 0.224 e. The lowest BCUT2D eigenvalue weighted by molar-refractivity contribution is 0.540. The van der Waals surface area contributed by atoms with Crippen LogP contribution in [0, 0.1) is 0 Å². The van der Waals surface area contributed by atoms with Crippen LogP contribution >= 0.6 is 0 Å². The minimum absolute atomic E-state index is 0.0692. The van der Waals surface area contributed by atoms with Crippen molar-refractivity contribution in [3.8, 4) is 0 Å². The lowest BCUT2D eigenvalue weighted by atomic mass is 10.2. The van der Waals surface area contributed by atoms with E-state index in [0.29, 0.717) is 0 Å². The van der Waals surface area contributed by atoms with Gasteiger partial charge in [-0.3, -0.25) is 0 Å². The number of halogens is 1. The summed E-state index contributed by atoms with van der Waals surface area (Å²) in [5.74, 6) is 0. The van der Waals surface area contributed by atoms with E-state index in [0.717, 1.165) is 6.26 Å². The van der Waals surface area contributed by atoms with Gasteiger partial charge in [0.1, 0.15) is 5.25 Å². The molecule has 4 nitrogen and oxygen atoms in total. The molecular formula is C9H11FO4S2. The molecule has 0 amide bonds. The Morgan fingerprint density at radius 3 is 1.81 bits per heavy atom. The number of hydrogen-bond donors (Lipinski definition) is 0. The molecule has 1 aromatic carbocycles. The van der Waals surface area contributed by atoms with Crippen molar-refractivity contribution in [3.63, 3.8) is 0 Å². The molecule has 1 unspecified atom stereocenters. The number of rotatable bonds is 3. The molecule has 0 bridgehead atoms. The highest BCUT2D eigenvalue weighted by Gasteiger charge is 2.21. The van der Waals surface area contributed by atoms with Crippen LogP contribution in [0.25, 0.3) is 0 Å². The van der Waals surface area contributed by atoms with Crippen molar-refractivity contribution in [2.24, 2.45) is 0 Å². The lowest BCUT2D eigenvalue weighted by Crippen LogP contribution is -2.04. The van der Waals surface area contributed by atoms with Crippen LogP contribution in [-0.4, -0.2) is 23.1 Å². The first-order valence-corrected chi connectivity index (χ1v) is 7.69. The van der Waals surface area contributed by atoms with Crippen LogP contribution < -0.4 is 0 Å². The van der Waals surface area contributed by atoms with Gasteiger partial charge in [0.05, 0.1) is 4.90 Å². The van der Waals surface area contributed by atoms with E-state index in [1.54, 1.807) is 0 Å². The summed E-state index contributed by atoms with van der Waals surface area (Å²) in [5.41, 5.74) is 0.218. The second kappa shape index (κ2) is 4.14. The molecule has 0 saturated heterocycles. The van der Waals surface area contributed by atoms with Gasteiger partial charge >= 0.3 is 10.2 Å². The molecule has 0 N–H and O–H groups in total. The molecule has 0 fully saturated rings. The van der Waals surface area contributed by atoms with Crippen molar-refractivity contribution in [2.45, 2.75) is 17.1 Å². The first-order chi connectivity index (χ1) is 7.12. The maximum Gasteiger partial charge on any atom is 0.309 e. The summed E-state index contributed by atoms with van der Waals surface area (Å²) in [5, 5.41) is -1.29. The van der Waals surface area contributed by atoms with Gasteiger partial charge in [0.15, 0.2) is 9.84 Å². The van der Waals surface area contributed by atoms with Gasteiger partial charge in [0, 0.05) is 6.26 Å². The summed E-state index contributed by atoms with van der Waals surface area (Å²) in [6, 6.07) is 5.09. The fraction of sp³-hybridized carbons (Fsp3) is 0.333. The quantitative estimate of drug-likeness (QED) is 0.776. The molecule has 0 aliphatic rings. The normalized spacial score (nSPS) is 14.7. The topological polar surface area (TPSA) is 68.3 Å². The maximum atomic E-state index is 12.7. The molecule has 0 spiro atoms. The summed E-state index contributed by atoms with van der Waals surface area (Å²) < 4.78 is 56.2. The summed E-state index contributed by atoms with van der Waals surface area (Å²) in [7, 11) is -7.98. The lowest BCUT2D eigenvalue weighted by Gasteiger charge is -2.07. The van der Waals surface area contributed by atoms with Gasteiger partial charge in [-0.2, -0.15) is 8.42 Å². The molecule has 7 heteroatoms. The van der Waals surface area contributed by atoms with Crippen LogP contribution in [0.1, 0.15) is 17.7 Å². The largest absolute Gasteiger partial charge is 0.309 e. The first kappa shape index (κ1) is 13.1. The van der Waals surface area contributed by atoms with Gasteiger partial charge in [-0.05, 0) is 24.6 Å². The third-order valence-corrected chi connectivity index (χ3v) is 4.45. The summed E-state index contributed by atoms with van der Waals surface area (Å²) in [4.78, 5) is 0.0692. The summed E-state index contributed by atoms with van der Waals surface area (Å²) in [6.07, 6.45) is 1.04. The Balaban J connectivity index is 3.15. The van der Waals surface area contributed by atoms with Gasteiger partial charge in [-0.25, -0.2) is 8.42 Å². The van der Waals surface area contributed by atoms with Crippen LogP contribution in [0.15, 0.2) is 29.2 Å². The number of sulfone groups is 1. The maximum absolute atomic E-state index is 12.7. The second-order valence-corrected chi connectivity index (χ2v) is 7.13. The highest BCUT2D eigenvalue weighted by molar-refractivity contribution is 7.90. The Kier molecular flexibility index (Phi) is 3.39. The highest BCUT2D eigenvalue weighted by Crippen LogP contribution is 2.24. The third kappa shape index (κ3) is 3.02.